The Bertz CT molecular complexity index is 1790. The van der Waals surface area contributed by atoms with Crippen LogP contribution in [0.25, 0.3) is 27.5 Å². The minimum Gasteiger partial charge on any atom is -0.309 e. The average molecular weight is 536 g/mol. The van der Waals surface area contributed by atoms with Gasteiger partial charge < -0.3 is 4.57 Å². The molecule has 4 bridgehead atoms. The van der Waals surface area contributed by atoms with Gasteiger partial charge in [-0.05, 0) is 179 Å². The molecule has 10 atom stereocenters. The molecule has 0 amide bonds. The second-order valence-corrected chi connectivity index (χ2v) is 17.6. The molecule has 6 fully saturated rings. The van der Waals surface area contributed by atoms with E-state index in [9.17, 15) is 0 Å². The maximum atomic E-state index is 2.74. The van der Waals surface area contributed by atoms with Crippen LogP contribution < -0.4 is 0 Å². The Balaban J connectivity index is 1.15. The Kier molecular flexibility index (Phi) is 3.42. The van der Waals surface area contributed by atoms with E-state index in [1.165, 1.54) is 73.7 Å². The molecule has 0 radical (unpaired) electrons. The zero-order valence-electron chi connectivity index (χ0n) is 24.8. The van der Waals surface area contributed by atoms with Crippen molar-refractivity contribution in [2.24, 2.45) is 34.5 Å². The van der Waals surface area contributed by atoms with Crippen molar-refractivity contribution in [2.45, 2.75) is 101 Å². The number of hydrogen-bond acceptors (Lipinski definition) is 0. The first-order valence-electron chi connectivity index (χ1n) is 17.1. The third-order valence-electron chi connectivity index (χ3n) is 15.2. The van der Waals surface area contributed by atoms with Gasteiger partial charge in [-0.2, -0.15) is 0 Å². The lowest BCUT2D eigenvalue weighted by atomic mass is 9.62. The van der Waals surface area contributed by atoms with Crippen molar-refractivity contribution in [2.75, 3.05) is 0 Å². The van der Waals surface area contributed by atoms with Gasteiger partial charge in [-0.15, -0.1) is 0 Å². The van der Waals surface area contributed by atoms with Crippen molar-refractivity contribution < 1.29 is 0 Å². The standard InChI is InChI=1S/C40H41N/c1-38(2,3)24-4-6-25(7-5-24)41-36-14-28-26(20-8-22-16-39(18-34(28)39)32(22)10-20)12-30(36)31-13-27-21-9-23-17-40(33(23)11-21)19-35(40)29(27)15-37(31)41/h4-7,12-15,20-23,32-35H,8-11,16-19H2,1-3H3. The molecule has 6 saturated carbocycles. The Morgan fingerprint density at radius 2 is 1.12 bits per heavy atom. The predicted octanol–water partition coefficient (Wildman–Crippen LogP) is 10.1. The molecule has 1 nitrogen and oxygen atoms in total. The first kappa shape index (κ1) is 22.1. The van der Waals surface area contributed by atoms with Gasteiger partial charge >= 0.3 is 0 Å². The average Bonchev–Trinajstić information content (AvgIpc) is 3.76. The fourth-order valence-corrected chi connectivity index (χ4v) is 13.2. The largest absolute Gasteiger partial charge is 0.309 e. The lowest BCUT2D eigenvalue weighted by Crippen LogP contribution is -2.35. The third-order valence-corrected chi connectivity index (χ3v) is 15.2. The first-order chi connectivity index (χ1) is 19.8. The summed E-state index contributed by atoms with van der Waals surface area (Å²) in [5.74, 6) is 7.47. The number of fused-ring (bicyclic) bond motifs is 11. The number of nitrogens with zero attached hydrogens (tertiary/aromatic N) is 1. The fraction of sp³-hybridized carbons (Fsp3) is 0.550. The summed E-state index contributed by atoms with van der Waals surface area (Å²) >= 11 is 0. The SMILES string of the molecule is CC(C)(C)c1ccc(-n2c3cc4c(cc3c3cc5c(cc32)C2CC23CC2CC5CC23)C2CC3CC5(CC45)C3C2)cc1. The van der Waals surface area contributed by atoms with Crippen LogP contribution in [0, 0.1) is 34.5 Å². The van der Waals surface area contributed by atoms with Crippen LogP contribution in [0.5, 0.6) is 0 Å². The van der Waals surface area contributed by atoms with E-state index in [1.54, 1.807) is 33.0 Å². The monoisotopic (exact) mass is 535 g/mol. The van der Waals surface area contributed by atoms with Crippen molar-refractivity contribution in [1.29, 1.82) is 0 Å². The van der Waals surface area contributed by atoms with Crippen LogP contribution in [0.1, 0.15) is 124 Å². The predicted molar refractivity (Wildman–Crippen MR) is 166 cm³/mol. The summed E-state index contributed by atoms with van der Waals surface area (Å²) in [6, 6.07) is 20.6. The van der Waals surface area contributed by atoms with E-state index in [0.29, 0.717) is 10.8 Å². The van der Waals surface area contributed by atoms with Crippen molar-refractivity contribution in [3.05, 3.63) is 76.3 Å². The van der Waals surface area contributed by atoms with Gasteiger partial charge in [-0.1, -0.05) is 32.9 Å². The number of aromatic nitrogens is 1. The molecule has 0 N–H and O–H groups in total. The van der Waals surface area contributed by atoms with Crippen LogP contribution in [0.15, 0.2) is 48.5 Å². The minimum atomic E-state index is 0.175. The molecule has 4 aromatic rings. The van der Waals surface area contributed by atoms with Gasteiger partial charge in [0.2, 0.25) is 0 Å². The lowest BCUT2D eigenvalue weighted by Gasteiger charge is -2.43. The normalized spacial score (nSPS) is 42.9. The summed E-state index contributed by atoms with van der Waals surface area (Å²) < 4.78 is 2.70. The van der Waals surface area contributed by atoms with E-state index in [1.807, 2.05) is 0 Å². The maximum absolute atomic E-state index is 2.74. The number of rotatable bonds is 1. The summed E-state index contributed by atoms with van der Waals surface area (Å²) in [6.45, 7) is 7.00. The molecular weight excluding hydrogens is 494 g/mol. The molecule has 1 heterocycles. The highest BCUT2D eigenvalue weighted by Crippen LogP contribution is 2.83. The molecule has 3 aromatic carbocycles. The molecule has 1 aromatic heterocycles. The Morgan fingerprint density at radius 1 is 0.610 bits per heavy atom. The van der Waals surface area contributed by atoms with Gasteiger partial charge in [0, 0.05) is 16.5 Å². The molecule has 1 heteroatoms. The molecule has 8 aliphatic rings. The second-order valence-electron chi connectivity index (χ2n) is 17.6. The molecule has 41 heavy (non-hydrogen) atoms. The van der Waals surface area contributed by atoms with Crippen molar-refractivity contribution in [3.8, 4) is 5.69 Å². The summed E-state index contributed by atoms with van der Waals surface area (Å²) in [6.07, 6.45) is 11.9. The molecule has 10 unspecified atom stereocenters. The van der Waals surface area contributed by atoms with Crippen LogP contribution in [-0.2, 0) is 5.41 Å². The molecule has 0 saturated heterocycles. The van der Waals surface area contributed by atoms with Crippen LogP contribution >= 0.6 is 0 Å². The van der Waals surface area contributed by atoms with E-state index in [4.69, 9.17) is 0 Å². The molecular formula is C40H41N. The van der Waals surface area contributed by atoms with E-state index >= 15 is 0 Å². The van der Waals surface area contributed by atoms with Crippen molar-refractivity contribution in [1.82, 2.24) is 4.57 Å². The quantitative estimate of drug-likeness (QED) is 0.228. The van der Waals surface area contributed by atoms with Crippen LogP contribution in [-0.4, -0.2) is 4.57 Å². The van der Waals surface area contributed by atoms with E-state index in [0.717, 1.165) is 47.3 Å². The van der Waals surface area contributed by atoms with Crippen LogP contribution in [0.4, 0.5) is 0 Å². The Labute approximate surface area is 243 Å². The summed E-state index contributed by atoms with van der Waals surface area (Å²) in [7, 11) is 0. The topological polar surface area (TPSA) is 4.93 Å². The highest BCUT2D eigenvalue weighted by molar-refractivity contribution is 6.10. The van der Waals surface area contributed by atoms with Gasteiger partial charge in [0.25, 0.3) is 0 Å². The maximum Gasteiger partial charge on any atom is 0.0544 e. The molecule has 206 valence electrons. The van der Waals surface area contributed by atoms with E-state index in [-0.39, 0.29) is 5.41 Å². The van der Waals surface area contributed by atoms with Gasteiger partial charge in [0.1, 0.15) is 0 Å². The second kappa shape index (κ2) is 6.36. The highest BCUT2D eigenvalue weighted by atomic mass is 15.0. The number of hydrogen-bond donors (Lipinski definition) is 0. The third kappa shape index (κ3) is 2.35. The Hall–Kier alpha value is -2.54. The zero-order chi connectivity index (χ0) is 26.8. The smallest absolute Gasteiger partial charge is 0.0544 e. The first-order valence-corrected chi connectivity index (χ1v) is 17.1. The van der Waals surface area contributed by atoms with Gasteiger partial charge in [-0.3, -0.25) is 0 Å². The lowest BCUT2D eigenvalue weighted by molar-refractivity contribution is 0.0724. The highest BCUT2D eigenvalue weighted by Gasteiger charge is 2.73. The number of benzene rings is 3. The Morgan fingerprint density at radius 3 is 1.61 bits per heavy atom. The minimum absolute atomic E-state index is 0.175. The fourth-order valence-electron chi connectivity index (χ4n) is 13.2. The van der Waals surface area contributed by atoms with Crippen LogP contribution in [0.2, 0.25) is 0 Å². The summed E-state index contributed by atoms with van der Waals surface area (Å²) in [5, 5.41) is 3.09. The van der Waals surface area contributed by atoms with Crippen LogP contribution in [0.3, 0.4) is 0 Å². The van der Waals surface area contributed by atoms with E-state index < -0.39 is 0 Å². The molecule has 12 rings (SSSR count). The zero-order valence-corrected chi connectivity index (χ0v) is 24.8. The van der Waals surface area contributed by atoms with Crippen molar-refractivity contribution in [3.63, 3.8) is 0 Å². The molecule has 0 aliphatic heterocycles. The van der Waals surface area contributed by atoms with Gasteiger partial charge in [0.05, 0.1) is 11.0 Å². The molecule has 8 aliphatic carbocycles. The molecule has 2 spiro atoms. The van der Waals surface area contributed by atoms with Gasteiger partial charge in [0.15, 0.2) is 0 Å². The van der Waals surface area contributed by atoms with E-state index in [2.05, 4.69) is 73.9 Å². The van der Waals surface area contributed by atoms with Gasteiger partial charge in [-0.25, -0.2) is 0 Å². The summed E-state index contributed by atoms with van der Waals surface area (Å²) in [5.41, 5.74) is 14.3. The summed E-state index contributed by atoms with van der Waals surface area (Å²) in [4.78, 5) is 0. The van der Waals surface area contributed by atoms with Crippen molar-refractivity contribution >= 4 is 21.8 Å².